The molecule has 0 bridgehead atoms. The van der Waals surface area contributed by atoms with E-state index in [1.807, 2.05) is 6.92 Å². The first-order valence-corrected chi connectivity index (χ1v) is 3.36. The monoisotopic (exact) mass is 145 g/mol. The van der Waals surface area contributed by atoms with Crippen molar-refractivity contribution in [2.45, 2.75) is 6.92 Å². The van der Waals surface area contributed by atoms with Crippen molar-refractivity contribution in [1.29, 1.82) is 0 Å². The van der Waals surface area contributed by atoms with Crippen LogP contribution in [0.1, 0.15) is 6.92 Å². The van der Waals surface area contributed by atoms with Crippen LogP contribution in [0.25, 0.3) is 0 Å². The van der Waals surface area contributed by atoms with Gasteiger partial charge in [-0.2, -0.15) is 0 Å². The molecule has 5 N–H and O–H groups in total. The molecule has 0 rings (SSSR count). The standard InChI is InChI=1S/C6H15N3O/c1-5(2-7)3-9-4-6(8)10/h5,9H,2-4,7H2,1H3,(H2,8,10). The Morgan fingerprint density at radius 3 is 2.70 bits per heavy atom. The quantitative estimate of drug-likeness (QED) is 0.447. The summed E-state index contributed by atoms with van der Waals surface area (Å²) in [5.74, 6) is 0.0728. The van der Waals surface area contributed by atoms with Gasteiger partial charge >= 0.3 is 0 Å². The molecule has 0 aromatic carbocycles. The van der Waals surface area contributed by atoms with E-state index in [0.29, 0.717) is 12.5 Å². The van der Waals surface area contributed by atoms with Crippen molar-refractivity contribution in [1.82, 2.24) is 5.32 Å². The van der Waals surface area contributed by atoms with Crippen LogP contribution >= 0.6 is 0 Å². The first-order chi connectivity index (χ1) is 4.66. The minimum absolute atomic E-state index is 0.240. The average molecular weight is 145 g/mol. The molecule has 1 unspecified atom stereocenters. The zero-order chi connectivity index (χ0) is 7.98. The summed E-state index contributed by atoms with van der Waals surface area (Å²) in [6.07, 6.45) is 0. The zero-order valence-electron chi connectivity index (χ0n) is 6.26. The summed E-state index contributed by atoms with van der Waals surface area (Å²) in [7, 11) is 0. The largest absolute Gasteiger partial charge is 0.369 e. The number of nitrogens with one attached hydrogen (secondary N) is 1. The van der Waals surface area contributed by atoms with Gasteiger partial charge in [-0.1, -0.05) is 6.92 Å². The van der Waals surface area contributed by atoms with Crippen LogP contribution in [-0.2, 0) is 4.79 Å². The molecule has 0 saturated carbocycles. The van der Waals surface area contributed by atoms with Gasteiger partial charge < -0.3 is 16.8 Å². The van der Waals surface area contributed by atoms with E-state index in [-0.39, 0.29) is 12.5 Å². The van der Waals surface area contributed by atoms with Crippen molar-refractivity contribution in [2.24, 2.45) is 17.4 Å². The van der Waals surface area contributed by atoms with E-state index >= 15 is 0 Å². The van der Waals surface area contributed by atoms with Crippen molar-refractivity contribution in [2.75, 3.05) is 19.6 Å². The predicted octanol–water partition coefficient (Wildman–Crippen LogP) is -1.34. The maximum Gasteiger partial charge on any atom is 0.231 e. The molecule has 0 spiro atoms. The van der Waals surface area contributed by atoms with Crippen LogP contribution in [0.4, 0.5) is 0 Å². The summed E-state index contributed by atoms with van der Waals surface area (Å²) >= 11 is 0. The second-order valence-electron chi connectivity index (χ2n) is 2.44. The first kappa shape index (κ1) is 9.39. The van der Waals surface area contributed by atoms with Crippen LogP contribution in [0.3, 0.4) is 0 Å². The molecule has 0 aliphatic carbocycles. The number of carbonyl (C=O) groups excluding carboxylic acids is 1. The molecule has 1 amide bonds. The molecule has 0 aromatic heterocycles. The fourth-order valence-corrected chi connectivity index (χ4v) is 0.525. The molecule has 0 aromatic rings. The number of primary amides is 1. The highest BCUT2D eigenvalue weighted by Gasteiger charge is 1.98. The maximum atomic E-state index is 10.2. The second kappa shape index (κ2) is 5.20. The fraction of sp³-hybridized carbons (Fsp3) is 0.833. The molecule has 0 saturated heterocycles. The molecule has 0 heterocycles. The number of hydrogen-bond acceptors (Lipinski definition) is 3. The molecule has 4 heteroatoms. The smallest absolute Gasteiger partial charge is 0.231 e. The Balaban J connectivity index is 3.11. The molecule has 0 aliphatic heterocycles. The van der Waals surface area contributed by atoms with Crippen molar-refractivity contribution >= 4 is 5.91 Å². The Morgan fingerprint density at radius 1 is 1.70 bits per heavy atom. The number of carbonyl (C=O) groups is 1. The molecule has 4 nitrogen and oxygen atoms in total. The third-order valence-electron chi connectivity index (χ3n) is 1.19. The van der Waals surface area contributed by atoms with E-state index in [9.17, 15) is 4.79 Å². The van der Waals surface area contributed by atoms with Crippen molar-refractivity contribution < 1.29 is 4.79 Å². The molecule has 0 fully saturated rings. The second-order valence-corrected chi connectivity index (χ2v) is 2.44. The summed E-state index contributed by atoms with van der Waals surface area (Å²) in [6.45, 7) is 3.63. The van der Waals surface area contributed by atoms with Gasteiger partial charge in [0.1, 0.15) is 0 Å². The zero-order valence-corrected chi connectivity index (χ0v) is 6.26. The minimum atomic E-state index is -0.329. The van der Waals surface area contributed by atoms with Gasteiger partial charge in [0.2, 0.25) is 5.91 Å². The van der Waals surface area contributed by atoms with Crippen LogP contribution in [-0.4, -0.2) is 25.5 Å². The van der Waals surface area contributed by atoms with Gasteiger partial charge in [0.15, 0.2) is 0 Å². The molecular formula is C6H15N3O. The molecule has 10 heavy (non-hydrogen) atoms. The number of amides is 1. The van der Waals surface area contributed by atoms with Gasteiger partial charge in [0.05, 0.1) is 6.54 Å². The Hall–Kier alpha value is -0.610. The lowest BCUT2D eigenvalue weighted by molar-refractivity contribution is -0.117. The average Bonchev–Trinajstić information content (AvgIpc) is 1.87. The van der Waals surface area contributed by atoms with Gasteiger partial charge in [-0.25, -0.2) is 0 Å². The van der Waals surface area contributed by atoms with Crippen LogP contribution < -0.4 is 16.8 Å². The summed E-state index contributed by atoms with van der Waals surface area (Å²) in [5, 5.41) is 2.88. The van der Waals surface area contributed by atoms with Gasteiger partial charge in [0.25, 0.3) is 0 Å². The third-order valence-corrected chi connectivity index (χ3v) is 1.19. The van der Waals surface area contributed by atoms with Crippen molar-refractivity contribution in [3.8, 4) is 0 Å². The topological polar surface area (TPSA) is 81.1 Å². The van der Waals surface area contributed by atoms with Crippen LogP contribution in [0.2, 0.25) is 0 Å². The number of rotatable bonds is 5. The van der Waals surface area contributed by atoms with Crippen LogP contribution in [0.15, 0.2) is 0 Å². The fourth-order valence-electron chi connectivity index (χ4n) is 0.525. The van der Waals surface area contributed by atoms with Gasteiger partial charge in [-0.3, -0.25) is 4.79 Å². The molecular weight excluding hydrogens is 130 g/mol. The normalized spacial score (nSPS) is 13.0. The van der Waals surface area contributed by atoms with E-state index in [1.165, 1.54) is 0 Å². The highest BCUT2D eigenvalue weighted by atomic mass is 16.1. The molecule has 0 aliphatic rings. The molecule has 0 radical (unpaired) electrons. The van der Waals surface area contributed by atoms with E-state index in [2.05, 4.69) is 5.32 Å². The molecule has 60 valence electrons. The van der Waals surface area contributed by atoms with Crippen LogP contribution in [0.5, 0.6) is 0 Å². The van der Waals surface area contributed by atoms with E-state index in [4.69, 9.17) is 11.5 Å². The summed E-state index contributed by atoms with van der Waals surface area (Å²) < 4.78 is 0. The Labute approximate surface area is 61.0 Å². The SMILES string of the molecule is CC(CN)CNCC(N)=O. The number of hydrogen-bond donors (Lipinski definition) is 3. The minimum Gasteiger partial charge on any atom is -0.369 e. The summed E-state index contributed by atoms with van der Waals surface area (Å²) in [5.41, 5.74) is 10.2. The summed E-state index contributed by atoms with van der Waals surface area (Å²) in [6, 6.07) is 0. The van der Waals surface area contributed by atoms with Crippen molar-refractivity contribution in [3.05, 3.63) is 0 Å². The Bertz CT molecular complexity index is 105. The van der Waals surface area contributed by atoms with E-state index in [1.54, 1.807) is 0 Å². The lowest BCUT2D eigenvalue weighted by atomic mass is 10.2. The van der Waals surface area contributed by atoms with E-state index in [0.717, 1.165) is 6.54 Å². The predicted molar refractivity (Wildman–Crippen MR) is 40.3 cm³/mol. The van der Waals surface area contributed by atoms with Gasteiger partial charge in [0, 0.05) is 0 Å². The lowest BCUT2D eigenvalue weighted by Crippen LogP contribution is -2.33. The van der Waals surface area contributed by atoms with Gasteiger partial charge in [-0.05, 0) is 19.0 Å². The highest BCUT2D eigenvalue weighted by Crippen LogP contribution is 1.85. The highest BCUT2D eigenvalue weighted by molar-refractivity contribution is 5.75. The molecule has 1 atom stereocenters. The lowest BCUT2D eigenvalue weighted by Gasteiger charge is -2.07. The third kappa shape index (κ3) is 5.53. The maximum absolute atomic E-state index is 10.2. The Morgan fingerprint density at radius 2 is 2.30 bits per heavy atom. The van der Waals surface area contributed by atoms with E-state index < -0.39 is 0 Å². The Kier molecular flexibility index (Phi) is 4.88. The first-order valence-electron chi connectivity index (χ1n) is 3.36. The summed E-state index contributed by atoms with van der Waals surface area (Å²) in [4.78, 5) is 10.2. The van der Waals surface area contributed by atoms with Crippen molar-refractivity contribution in [3.63, 3.8) is 0 Å². The van der Waals surface area contributed by atoms with Gasteiger partial charge in [-0.15, -0.1) is 0 Å². The van der Waals surface area contributed by atoms with Crippen LogP contribution in [0, 0.1) is 5.92 Å². The number of nitrogens with two attached hydrogens (primary N) is 2.